The van der Waals surface area contributed by atoms with E-state index in [4.69, 9.17) is 0 Å². The number of hydrogen-bond donors (Lipinski definition) is 0. The van der Waals surface area contributed by atoms with E-state index in [2.05, 4.69) is 57.1 Å². The van der Waals surface area contributed by atoms with E-state index in [0.29, 0.717) is 0 Å². The maximum atomic E-state index is 3.43. The van der Waals surface area contributed by atoms with Gasteiger partial charge in [-0.1, -0.05) is 17.7 Å². The minimum Gasteiger partial charge on any atom is -0.0610 e. The van der Waals surface area contributed by atoms with Gasteiger partial charge in [-0.15, -0.1) is 0 Å². The van der Waals surface area contributed by atoms with Crippen molar-refractivity contribution in [3.8, 4) is 0 Å². The van der Waals surface area contributed by atoms with Gasteiger partial charge in [-0.2, -0.15) is 0 Å². The van der Waals surface area contributed by atoms with E-state index in [-0.39, 0.29) is 0 Å². The van der Waals surface area contributed by atoms with Crippen molar-refractivity contribution < 1.29 is 0 Å². The zero-order valence-corrected chi connectivity index (χ0v) is 8.05. The van der Waals surface area contributed by atoms with Gasteiger partial charge in [0.05, 0.1) is 0 Å². The minimum absolute atomic E-state index is 0.941. The van der Waals surface area contributed by atoms with Gasteiger partial charge in [-0.05, 0) is 40.8 Å². The fraction of sp³-hybridized carbons (Fsp3) is 0.143. The molecule has 0 amide bonds. The zero-order valence-electron chi connectivity index (χ0n) is 4.89. The largest absolute Gasteiger partial charge is 0.0610 e. The van der Waals surface area contributed by atoms with Crippen LogP contribution in [0, 0.1) is 3.57 Å². The predicted molar refractivity (Wildman–Crippen MR) is 48.6 cm³/mol. The third kappa shape index (κ3) is 2.10. The molecule has 0 fully saturated rings. The lowest BCUT2D eigenvalue weighted by molar-refractivity contribution is 1.39. The highest BCUT2D eigenvalue weighted by molar-refractivity contribution is 14.1. The molecule has 0 aliphatic carbocycles. The Kier molecular flexibility index (Phi) is 2.72. The molecular formula is C7H6ISi. The predicted octanol–water partition coefficient (Wildman–Crippen LogP) is 1.96. The lowest BCUT2D eigenvalue weighted by Gasteiger charge is -1.93. The molecule has 0 aromatic heterocycles. The molecule has 1 aromatic rings. The van der Waals surface area contributed by atoms with Crippen molar-refractivity contribution >= 4 is 32.8 Å². The Morgan fingerprint density at radius 1 is 1.44 bits per heavy atom. The smallest absolute Gasteiger partial charge is 0.0283 e. The minimum atomic E-state index is 0.941. The van der Waals surface area contributed by atoms with Crippen LogP contribution in [0.4, 0.5) is 0 Å². The Morgan fingerprint density at radius 3 is 2.67 bits per heavy atom. The lowest BCUT2D eigenvalue weighted by Crippen LogP contribution is -1.82. The first-order valence-electron chi connectivity index (χ1n) is 2.72. The van der Waals surface area contributed by atoms with Gasteiger partial charge >= 0.3 is 0 Å². The standard InChI is InChI=1S/C7H6ISi/c8-7-3-1-2-6(4-7)5-9/h1-4H,5H2. The second-order valence-electron chi connectivity index (χ2n) is 1.81. The van der Waals surface area contributed by atoms with Gasteiger partial charge in [0.15, 0.2) is 0 Å². The summed E-state index contributed by atoms with van der Waals surface area (Å²) in [6.45, 7) is 0. The molecule has 0 saturated heterocycles. The monoisotopic (exact) mass is 245 g/mol. The molecule has 0 N–H and O–H groups in total. The normalized spacial score (nSPS) is 9.56. The van der Waals surface area contributed by atoms with E-state index in [0.717, 1.165) is 6.04 Å². The van der Waals surface area contributed by atoms with Crippen LogP contribution in [-0.2, 0) is 6.04 Å². The third-order valence-corrected chi connectivity index (χ3v) is 2.17. The van der Waals surface area contributed by atoms with Crippen LogP contribution < -0.4 is 0 Å². The quantitative estimate of drug-likeness (QED) is 0.524. The Labute approximate surface area is 72.2 Å². The highest BCUT2D eigenvalue weighted by Gasteiger charge is 1.87. The Morgan fingerprint density at radius 2 is 2.22 bits per heavy atom. The molecule has 0 spiro atoms. The summed E-state index contributed by atoms with van der Waals surface area (Å²) in [5.74, 6) is 0. The van der Waals surface area contributed by atoms with Gasteiger partial charge in [0, 0.05) is 13.8 Å². The SMILES string of the molecule is [Si]Cc1cccc(I)c1. The van der Waals surface area contributed by atoms with Gasteiger partial charge in [0.1, 0.15) is 0 Å². The average molecular weight is 245 g/mol. The summed E-state index contributed by atoms with van der Waals surface area (Å²) in [6, 6.07) is 9.36. The van der Waals surface area contributed by atoms with Gasteiger partial charge in [-0.25, -0.2) is 0 Å². The first kappa shape index (κ1) is 7.28. The molecule has 0 nitrogen and oxygen atoms in total. The molecule has 2 heteroatoms. The van der Waals surface area contributed by atoms with Crippen LogP contribution in [-0.4, -0.2) is 10.2 Å². The van der Waals surface area contributed by atoms with Crippen LogP contribution in [0.2, 0.25) is 0 Å². The van der Waals surface area contributed by atoms with Crippen molar-refractivity contribution in [1.82, 2.24) is 0 Å². The van der Waals surface area contributed by atoms with E-state index in [1.807, 2.05) is 0 Å². The average Bonchev–Trinajstić information content (AvgIpc) is 1.88. The molecule has 0 saturated carbocycles. The maximum absolute atomic E-state index is 3.43. The second kappa shape index (κ2) is 3.36. The molecule has 0 aliphatic rings. The molecule has 9 heavy (non-hydrogen) atoms. The second-order valence-corrected chi connectivity index (χ2v) is 3.41. The fourth-order valence-corrected chi connectivity index (χ4v) is 1.47. The van der Waals surface area contributed by atoms with Crippen molar-refractivity contribution in [2.75, 3.05) is 0 Å². The summed E-state index contributed by atoms with van der Waals surface area (Å²) in [5.41, 5.74) is 1.33. The van der Waals surface area contributed by atoms with Crippen LogP contribution in [0.5, 0.6) is 0 Å². The summed E-state index contributed by atoms with van der Waals surface area (Å²) in [7, 11) is 3.43. The van der Waals surface area contributed by atoms with Crippen LogP contribution in [0.25, 0.3) is 0 Å². The van der Waals surface area contributed by atoms with E-state index >= 15 is 0 Å². The topological polar surface area (TPSA) is 0 Å². The summed E-state index contributed by atoms with van der Waals surface area (Å²) in [5, 5.41) is 0. The number of hydrogen-bond acceptors (Lipinski definition) is 0. The fourth-order valence-electron chi connectivity index (χ4n) is 0.647. The van der Waals surface area contributed by atoms with E-state index in [1.54, 1.807) is 0 Å². The van der Waals surface area contributed by atoms with Gasteiger partial charge in [0.25, 0.3) is 0 Å². The van der Waals surface area contributed by atoms with Crippen molar-refractivity contribution in [3.05, 3.63) is 33.4 Å². The third-order valence-electron chi connectivity index (χ3n) is 1.09. The molecule has 45 valence electrons. The first-order chi connectivity index (χ1) is 4.33. The molecule has 0 heterocycles. The maximum Gasteiger partial charge on any atom is 0.0283 e. The van der Waals surface area contributed by atoms with Crippen molar-refractivity contribution in [1.29, 1.82) is 0 Å². The zero-order chi connectivity index (χ0) is 6.69. The molecule has 1 rings (SSSR count). The van der Waals surface area contributed by atoms with Crippen LogP contribution in [0.1, 0.15) is 5.56 Å². The summed E-state index contributed by atoms with van der Waals surface area (Å²) < 4.78 is 1.29. The van der Waals surface area contributed by atoms with Crippen LogP contribution in [0.3, 0.4) is 0 Å². The Bertz CT molecular complexity index is 198. The lowest BCUT2D eigenvalue weighted by atomic mass is 10.2. The summed E-state index contributed by atoms with van der Waals surface area (Å²) in [6.07, 6.45) is 0. The number of benzene rings is 1. The van der Waals surface area contributed by atoms with Crippen molar-refractivity contribution in [3.63, 3.8) is 0 Å². The van der Waals surface area contributed by atoms with Gasteiger partial charge in [0.2, 0.25) is 0 Å². The molecule has 0 unspecified atom stereocenters. The molecule has 0 aliphatic heterocycles. The molecule has 1 aromatic carbocycles. The van der Waals surface area contributed by atoms with Crippen molar-refractivity contribution in [2.24, 2.45) is 0 Å². The molecule has 0 atom stereocenters. The summed E-state index contributed by atoms with van der Waals surface area (Å²) >= 11 is 2.31. The van der Waals surface area contributed by atoms with E-state index < -0.39 is 0 Å². The number of rotatable bonds is 1. The Balaban J connectivity index is 2.94. The van der Waals surface area contributed by atoms with Gasteiger partial charge in [-0.3, -0.25) is 0 Å². The summed E-state index contributed by atoms with van der Waals surface area (Å²) in [4.78, 5) is 0. The van der Waals surface area contributed by atoms with E-state index in [1.165, 1.54) is 9.13 Å². The molecule has 3 radical (unpaired) electrons. The van der Waals surface area contributed by atoms with Crippen molar-refractivity contribution in [2.45, 2.75) is 6.04 Å². The van der Waals surface area contributed by atoms with Crippen LogP contribution >= 0.6 is 22.6 Å². The van der Waals surface area contributed by atoms with E-state index in [9.17, 15) is 0 Å². The van der Waals surface area contributed by atoms with Crippen LogP contribution in [0.15, 0.2) is 24.3 Å². The highest BCUT2D eigenvalue weighted by Crippen LogP contribution is 2.06. The highest BCUT2D eigenvalue weighted by atomic mass is 127. The Hall–Kier alpha value is 0.167. The van der Waals surface area contributed by atoms with Gasteiger partial charge < -0.3 is 0 Å². The molecular weight excluding hydrogens is 239 g/mol. The first-order valence-corrected chi connectivity index (χ1v) is 4.50. The number of halogens is 1. The molecule has 0 bridgehead atoms.